The number of fused-ring (bicyclic) bond motifs is 3. The zero-order valence-corrected chi connectivity index (χ0v) is 60.4. The molecule has 3 amide bonds. The van der Waals surface area contributed by atoms with Gasteiger partial charge in [-0.25, -0.2) is 37.7 Å². The number of nitriles is 1. The van der Waals surface area contributed by atoms with Crippen molar-refractivity contribution >= 4 is 71.6 Å². The molecule has 3 saturated carbocycles. The summed E-state index contributed by atoms with van der Waals surface area (Å²) in [7, 11) is 5.35. The van der Waals surface area contributed by atoms with Crippen molar-refractivity contribution in [1.29, 1.82) is 5.26 Å². The molecule has 36 heteroatoms. The van der Waals surface area contributed by atoms with E-state index in [1.807, 2.05) is 20.8 Å². The fourth-order valence-corrected chi connectivity index (χ4v) is 12.1. The molecular weight excluding hydrogens is 1360 g/mol. The van der Waals surface area contributed by atoms with E-state index in [1.165, 1.54) is 6.92 Å². The van der Waals surface area contributed by atoms with Crippen molar-refractivity contribution in [2.24, 2.45) is 32.6 Å². The third-order valence-corrected chi connectivity index (χ3v) is 16.8. The number of Topliss-reactive ketones (excluding diaryl/α,β-unsaturated/α-hetero) is 1. The number of alkyl carbamates (subject to hydrolysis) is 1. The Morgan fingerprint density at radius 1 is 0.653 bits per heavy atom. The number of carboxylic acid groups (broad SMARTS) is 2. The molecule has 6 aromatic rings. The number of carboxylic acids is 2. The topological polar surface area (TPSA) is 481 Å². The van der Waals surface area contributed by atoms with Gasteiger partial charge in [-0.2, -0.15) is 30.1 Å². The van der Waals surface area contributed by atoms with E-state index in [0.29, 0.717) is 73.6 Å². The van der Waals surface area contributed by atoms with E-state index < -0.39 is 53.1 Å². The Balaban J connectivity index is 0.000000288. The second-order valence-electron chi connectivity index (χ2n) is 25.5. The number of nitrogens with zero attached hydrogens (tertiary/aromatic N) is 10. The third-order valence-electron chi connectivity index (χ3n) is 16.8. The number of aliphatic hydroxyl groups is 1. The number of amides is 3. The molecule has 12 rings (SSSR count). The zero-order chi connectivity index (χ0) is 71.9. The Morgan fingerprint density at radius 2 is 1.00 bits per heavy atom. The number of anilines is 3. The number of hydrogen-bond acceptors (Lipinski definition) is 23. The predicted octanol–water partition coefficient (Wildman–Crippen LogP) is 1.60. The van der Waals surface area contributed by atoms with E-state index in [0.717, 1.165) is 84.0 Å². The largest absolute Gasteiger partial charge is 1.00 e. The van der Waals surface area contributed by atoms with Gasteiger partial charge in [0.25, 0.3) is 11.8 Å². The van der Waals surface area contributed by atoms with Crippen LogP contribution in [0.3, 0.4) is 0 Å². The molecule has 0 spiro atoms. The van der Waals surface area contributed by atoms with E-state index in [1.54, 1.807) is 78.4 Å². The van der Waals surface area contributed by atoms with Crippen LogP contribution in [0.15, 0.2) is 37.2 Å². The van der Waals surface area contributed by atoms with E-state index in [9.17, 15) is 42.7 Å². The van der Waals surface area contributed by atoms with Crippen LogP contribution in [-0.4, -0.2) is 149 Å². The minimum Gasteiger partial charge on any atom is -0.550 e. The van der Waals surface area contributed by atoms with Gasteiger partial charge in [-0.05, 0) is 72.6 Å². The molecule has 0 saturated heterocycles. The van der Waals surface area contributed by atoms with Crippen LogP contribution in [0.1, 0.15) is 172 Å². The molecular formula is C65H85ClF3N18NaO13. The van der Waals surface area contributed by atoms with Gasteiger partial charge in [0, 0.05) is 142 Å². The van der Waals surface area contributed by atoms with Gasteiger partial charge in [-0.1, -0.05) is 38.5 Å². The van der Waals surface area contributed by atoms with Crippen molar-refractivity contribution in [3.63, 3.8) is 0 Å². The molecule has 0 aromatic carbocycles. The number of carbonyl (C=O) groups excluding carboxylic acids is 7. The van der Waals surface area contributed by atoms with Crippen LogP contribution in [-0.2, 0) is 64.6 Å². The fourth-order valence-electron chi connectivity index (χ4n) is 12.1. The van der Waals surface area contributed by atoms with Gasteiger partial charge in [0.1, 0.15) is 5.60 Å². The molecule has 0 bridgehead atoms. The summed E-state index contributed by atoms with van der Waals surface area (Å²) >= 11 is 0. The summed E-state index contributed by atoms with van der Waals surface area (Å²) in [5.74, 6) is -4.86. The first-order chi connectivity index (χ1) is 46.4. The van der Waals surface area contributed by atoms with Gasteiger partial charge in [-0.3, -0.25) is 28.4 Å². The van der Waals surface area contributed by atoms with E-state index in [-0.39, 0.29) is 144 Å². The molecule has 31 nitrogen and oxygen atoms in total. The monoisotopic (exact) mass is 1440 g/mol. The first-order valence-electron chi connectivity index (χ1n) is 31.9. The molecule has 6 aromatic heterocycles. The summed E-state index contributed by atoms with van der Waals surface area (Å²) in [6.45, 7) is 8.10. The third kappa shape index (κ3) is 21.8. The van der Waals surface area contributed by atoms with E-state index >= 15 is 4.39 Å². The van der Waals surface area contributed by atoms with Crippen LogP contribution >= 0.6 is 12.4 Å². The molecule has 2 aliphatic heterocycles. The molecule has 0 radical (unpaired) electrons. The molecule has 4 aliphatic carbocycles. The second kappa shape index (κ2) is 37.7. The summed E-state index contributed by atoms with van der Waals surface area (Å²) in [4.78, 5) is 98.7. The second-order valence-corrected chi connectivity index (χ2v) is 25.5. The zero-order valence-electron chi connectivity index (χ0n) is 57.6. The van der Waals surface area contributed by atoms with Crippen molar-refractivity contribution in [2.75, 3.05) is 16.0 Å². The minimum absolute atomic E-state index is 0. The fraction of sp³-hybridized carbons (Fsp3) is 0.508. The number of hydrogen-bond donors (Lipinski definition) is 10. The molecule has 7 atom stereocenters. The molecule has 1 unspecified atom stereocenters. The molecule has 101 heavy (non-hydrogen) atoms. The number of carbonyl (C=O) groups is 6. The average Bonchev–Trinajstić information content (AvgIpc) is 1.68. The molecule has 542 valence electrons. The van der Waals surface area contributed by atoms with Crippen LogP contribution in [0, 0.1) is 28.8 Å². The Bertz CT molecular complexity index is 3870. The van der Waals surface area contributed by atoms with Crippen molar-refractivity contribution < 1.29 is 107 Å². The summed E-state index contributed by atoms with van der Waals surface area (Å²) in [5, 5.41) is 64.3. The normalized spacial score (nSPS) is 19.5. The maximum absolute atomic E-state index is 15.4. The minimum atomic E-state index is -2.22. The van der Waals surface area contributed by atoms with Gasteiger partial charge in [-0.15, -0.1) is 12.4 Å². The number of aromatic nitrogens is 9. The Kier molecular flexibility index (Phi) is 31.5. The maximum atomic E-state index is 15.4. The van der Waals surface area contributed by atoms with Gasteiger partial charge in [0.2, 0.25) is 0 Å². The smallest absolute Gasteiger partial charge is 0.550 e. The summed E-state index contributed by atoms with van der Waals surface area (Å²) in [6.07, 6.45) is 21.1. The van der Waals surface area contributed by atoms with E-state index in [2.05, 4.69) is 62.1 Å². The summed E-state index contributed by atoms with van der Waals surface area (Å²) in [6, 6.07) is 1.27. The van der Waals surface area contributed by atoms with Gasteiger partial charge in [0.15, 0.2) is 46.3 Å². The van der Waals surface area contributed by atoms with Gasteiger partial charge < -0.3 is 73.7 Å². The SMILES string of the molecule is CC#N.CC(O)(CC(=O)[O-])C(=O)O.Cl.Cn1cc(-c2nc(N[C@@H]3CCCC[C@@H]3N)c(F)c3c2C(=O)NC3)cn1.Cn1cc(-c2nc(N[C@@H]3CCCC[C@@H]3N)c(F)c3c2C(=O)NC3)cn1.Cn1cc(-c2nc(N[C@@H]3CCCC[C@@H]3NC(=O)OC(C)(C)C)c(F)c3c2C(=O)CC3)cn1.O.O=C=O.[Na+]. The number of halogens is 4. The number of nitrogens with two attached hydrogens (primary N) is 2. The van der Waals surface area contributed by atoms with Gasteiger partial charge >= 0.3 is 47.8 Å². The Labute approximate surface area is 608 Å². The summed E-state index contributed by atoms with van der Waals surface area (Å²) in [5.41, 5.74) is 15.0. The number of pyridine rings is 3. The average molecular weight is 1440 g/mol. The van der Waals surface area contributed by atoms with E-state index in [4.69, 9.17) is 41.3 Å². The molecule has 6 aliphatic rings. The number of ether oxygens (including phenoxy) is 1. The summed E-state index contributed by atoms with van der Waals surface area (Å²) < 4.78 is 55.6. The van der Waals surface area contributed by atoms with Crippen LogP contribution in [0.2, 0.25) is 0 Å². The number of nitrogens with one attached hydrogen (secondary N) is 6. The first kappa shape index (κ1) is 84.5. The first-order valence-corrected chi connectivity index (χ1v) is 31.9. The quantitative estimate of drug-likeness (QED) is 0.0734. The number of aryl methyl sites for hydroxylation is 3. The molecule has 14 N–H and O–H groups in total. The van der Waals surface area contributed by atoms with Crippen molar-refractivity contribution in [2.45, 2.75) is 191 Å². The number of ketones is 1. The van der Waals surface area contributed by atoms with Crippen molar-refractivity contribution in [3.05, 3.63) is 88.0 Å². The van der Waals surface area contributed by atoms with Crippen LogP contribution in [0.5, 0.6) is 0 Å². The van der Waals surface area contributed by atoms with Crippen molar-refractivity contribution in [3.8, 4) is 39.8 Å². The Hall–Kier alpha value is -8.91. The van der Waals surface area contributed by atoms with Gasteiger partial charge in [0.05, 0.1) is 64.5 Å². The Morgan fingerprint density at radius 3 is 1.34 bits per heavy atom. The maximum Gasteiger partial charge on any atom is 1.00 e. The number of aliphatic carboxylic acids is 2. The number of rotatable bonds is 13. The van der Waals surface area contributed by atoms with Crippen LogP contribution in [0.4, 0.5) is 35.4 Å². The molecule has 3 fully saturated rings. The van der Waals surface area contributed by atoms with Crippen LogP contribution < -0.4 is 78.0 Å². The van der Waals surface area contributed by atoms with Crippen LogP contribution in [0.25, 0.3) is 33.8 Å². The van der Waals surface area contributed by atoms with Crippen molar-refractivity contribution in [1.82, 2.24) is 60.2 Å². The molecule has 8 heterocycles. The predicted molar refractivity (Wildman–Crippen MR) is 356 cm³/mol. The standard InChI is InChI=1S/C23H30FN5O3.2C17H21FN6O.C5H8O5.C2H3N.CO2.ClH.Na.H2O/c1-23(2,3)32-22(31)27-16-8-6-5-7-15(16)26-21-19(24)14-9-10-17(30)18(14)20(28-21)13-11-25-29(4)12-13;2*1-24-8-9(6-21-24)15-13-10(7-20-17(13)25)14(18)16(23-15)22-12-5-3-2-4-11(12)19;1-5(10,4(8)9)2-3(6)7;1-2-3;2-1-3;;;/h11-12,15-16H,5-10H2,1-4H3,(H,26,28)(H,27,31);2*6,8,11-12H,2-5,7,19H2,1H3,(H,20,25)(H,22,23);10H,2H2,1H3,(H,6,7)(H,8,9);1H3;;1H;;1H2/q;;;;;;;+1;/p-1/t15-,16+;2*11-,12+;;;;;;/m100....../s1.